The van der Waals surface area contributed by atoms with Crippen LogP contribution in [0.2, 0.25) is 0 Å². The van der Waals surface area contributed by atoms with Crippen molar-refractivity contribution in [3.8, 4) is 0 Å². The summed E-state index contributed by atoms with van der Waals surface area (Å²) in [6.45, 7) is -5.22. The fraction of sp³-hybridized carbons (Fsp3) is 0. The van der Waals surface area contributed by atoms with Crippen molar-refractivity contribution >= 4 is 110 Å². The van der Waals surface area contributed by atoms with Crippen LogP contribution in [0.1, 0.15) is 0 Å². The first-order chi connectivity index (χ1) is 2.45. The van der Waals surface area contributed by atoms with Crippen molar-refractivity contribution in [2.75, 3.05) is 0 Å². The van der Waals surface area contributed by atoms with Gasteiger partial charge >= 0.3 is 64.6 Å². The van der Waals surface area contributed by atoms with E-state index in [0.29, 0.717) is 0 Å². The quantitative estimate of drug-likeness (QED) is 0.582. The van der Waals surface area contributed by atoms with Gasteiger partial charge in [0, 0.05) is 51.4 Å². The fourth-order valence-electron chi connectivity index (χ4n) is 0. The third-order valence-electron chi connectivity index (χ3n) is 0. The third kappa shape index (κ3) is 50.6. The zero-order valence-electron chi connectivity index (χ0n) is 3.62. The van der Waals surface area contributed by atoms with E-state index in [4.69, 9.17) is 58.1 Å². The summed E-state index contributed by atoms with van der Waals surface area (Å²) in [7, 11) is 30.3. The number of hydrogen-bond donors (Lipinski definition) is 0. The van der Waals surface area contributed by atoms with Gasteiger partial charge in [0.1, 0.15) is 0 Å². The first-order valence-corrected chi connectivity index (χ1v) is 14.2. The molecule has 0 aliphatic heterocycles. The molecule has 0 amide bonds. The van der Waals surface area contributed by atoms with Crippen molar-refractivity contribution in [1.29, 1.82) is 0 Å². The maximum Gasteiger partial charge on any atom is 0 e. The molecule has 0 rings (SSSR count). The first-order valence-electron chi connectivity index (χ1n) is 0.802. The molecule has 0 bridgehead atoms. The van der Waals surface area contributed by atoms with Gasteiger partial charge in [-0.1, -0.05) is 0 Å². The van der Waals surface area contributed by atoms with Gasteiger partial charge < -0.3 is 0 Å². The molecule has 0 atom stereocenters. The molecule has 0 saturated carbocycles. The molecule has 0 aliphatic rings. The monoisotopic (exact) mass is 351 g/mol. The van der Waals surface area contributed by atoms with E-state index >= 15 is 0 Å². The normalized spacial score (nSPS) is 20.2. The Balaban J connectivity index is 0. The average Bonchev–Trinajstić information content (AvgIpc) is 0.592. The van der Waals surface area contributed by atoms with Gasteiger partial charge in [0.25, 0.3) is 0 Å². The van der Waals surface area contributed by atoms with E-state index in [9.17, 15) is 0 Å². The average molecular weight is 353 g/mol. The summed E-state index contributed by atoms with van der Waals surface area (Å²) in [6.07, 6.45) is 0. The second-order valence-corrected chi connectivity index (χ2v) is 40.3. The van der Waals surface area contributed by atoms with E-state index in [-0.39, 0.29) is 51.4 Å². The Labute approximate surface area is 113 Å². The van der Waals surface area contributed by atoms with Crippen LogP contribution in [-0.4, -0.2) is 51.4 Å². The molecule has 0 spiro atoms. The van der Waals surface area contributed by atoms with Crippen LogP contribution in [0.4, 0.5) is 0 Å². The molecular weight excluding hydrogens is 353 g/mol. The van der Waals surface area contributed by atoms with Gasteiger partial charge in [-0.2, -0.15) is 0 Å². The summed E-state index contributed by atoms with van der Waals surface area (Å²) in [5.41, 5.74) is 0. The van der Waals surface area contributed by atoms with Crippen LogP contribution in [0, 0.1) is 0 Å². The molecule has 0 aliphatic carbocycles. The molecule has 8 heteroatoms. The summed E-state index contributed by atoms with van der Waals surface area (Å²) in [6, 6.07) is 0. The van der Waals surface area contributed by atoms with E-state index < -0.39 is 6.48 Å². The van der Waals surface area contributed by atoms with Crippen LogP contribution in [-0.2, 0) is 6.48 Å². The molecule has 51 valence electrons. The maximum atomic E-state index is 5.04. The van der Waals surface area contributed by atoms with Crippen molar-refractivity contribution in [1.82, 2.24) is 0 Å². The Morgan fingerprint density at radius 3 is 0.625 bits per heavy atom. The van der Waals surface area contributed by atoms with Gasteiger partial charge in [0.15, 0.2) is 0 Å². The largest absolute Gasteiger partial charge is 0 e. The smallest absolute Gasteiger partial charge is 0 e. The van der Waals surface area contributed by atoms with Crippen molar-refractivity contribution in [2.24, 2.45) is 0 Å². The second-order valence-electron chi connectivity index (χ2n) is 0.758. The van der Waals surface area contributed by atoms with Gasteiger partial charge in [0.2, 0.25) is 0 Å². The summed E-state index contributed by atoms with van der Waals surface area (Å²) in [5, 5.41) is 0. The van der Waals surface area contributed by atoms with Crippen molar-refractivity contribution < 1.29 is 6.48 Å². The molecule has 0 aromatic carbocycles. The maximum absolute atomic E-state index is 5.22. The van der Waals surface area contributed by atoms with E-state index in [1.54, 1.807) is 0 Å². The number of hydrogen-bond acceptors (Lipinski definition) is 0. The Hall–Kier alpha value is 4.00. The van der Waals surface area contributed by atoms with Crippen LogP contribution < -0.4 is 0 Å². The predicted octanol–water partition coefficient (Wildman–Crippen LogP) is 3.75. The van der Waals surface area contributed by atoms with E-state index in [1.165, 1.54) is 0 Å². The van der Waals surface area contributed by atoms with Crippen LogP contribution in [0.3, 0.4) is 0 Å². The number of halogens is 6. The molecule has 0 fully saturated rings. The standard InChI is InChI=1S/6ClH.K.Ru/h6*1H;;/q;;;;;;;+6/p-6. The first kappa shape index (κ1) is 14.5. The van der Waals surface area contributed by atoms with Crippen LogP contribution in [0.15, 0.2) is 0 Å². The van der Waals surface area contributed by atoms with Gasteiger partial charge in [0.05, 0.1) is 0 Å². The van der Waals surface area contributed by atoms with Gasteiger partial charge in [-0.25, -0.2) is 0 Å². The summed E-state index contributed by atoms with van der Waals surface area (Å²) >= 11 is 0. The molecule has 0 aromatic rings. The molecule has 0 saturated heterocycles. The van der Waals surface area contributed by atoms with Crippen molar-refractivity contribution in [3.63, 3.8) is 0 Å². The molecule has 0 nitrogen and oxygen atoms in total. The Morgan fingerprint density at radius 1 is 0.625 bits per heavy atom. The Morgan fingerprint density at radius 2 is 0.625 bits per heavy atom. The van der Waals surface area contributed by atoms with E-state index in [0.717, 1.165) is 0 Å². The molecule has 0 heterocycles. The van der Waals surface area contributed by atoms with Crippen molar-refractivity contribution in [2.45, 2.75) is 0 Å². The summed E-state index contributed by atoms with van der Waals surface area (Å²) < 4.78 is 0. The zero-order chi connectivity index (χ0) is 6.41. The molecule has 0 unspecified atom stereocenters. The van der Waals surface area contributed by atoms with Gasteiger partial charge in [-0.3, -0.25) is 0 Å². The molecule has 8 heavy (non-hydrogen) atoms. The minimum Gasteiger partial charge on any atom is 0 e. The topological polar surface area (TPSA) is 0 Å². The zero-order valence-corrected chi connectivity index (χ0v) is 13.0. The van der Waals surface area contributed by atoms with Gasteiger partial charge in [-0.05, 0) is 0 Å². The predicted molar refractivity (Wildman–Crippen MR) is 40.9 cm³/mol. The van der Waals surface area contributed by atoms with E-state index in [2.05, 4.69) is 0 Å². The second kappa shape index (κ2) is 3.05. The minimum absolute atomic E-state index is 0. The Bertz CT molecular complexity index is 67.1. The molecular formula is Cl6KRu. The Kier molecular flexibility index (Phi) is 5.53. The van der Waals surface area contributed by atoms with Crippen LogP contribution in [0.25, 0.3) is 0 Å². The molecule has 0 N–H and O–H groups in total. The molecule has 0 aromatic heterocycles. The van der Waals surface area contributed by atoms with E-state index in [1.807, 2.05) is 0 Å². The van der Waals surface area contributed by atoms with Crippen LogP contribution >= 0.6 is 58.1 Å². The van der Waals surface area contributed by atoms with Gasteiger partial charge in [-0.15, -0.1) is 0 Å². The van der Waals surface area contributed by atoms with Crippen LogP contribution in [0.5, 0.6) is 0 Å². The molecule has 1 radical (unpaired) electrons. The minimum atomic E-state index is -5.22. The SMILES string of the molecule is [Cl][Ru]([Cl])([Cl])([Cl])([Cl])[Cl].[K]. The van der Waals surface area contributed by atoms with Crippen molar-refractivity contribution in [3.05, 3.63) is 0 Å². The fourth-order valence-corrected chi connectivity index (χ4v) is 0. The summed E-state index contributed by atoms with van der Waals surface area (Å²) in [5.74, 6) is 0. The number of rotatable bonds is 0. The summed E-state index contributed by atoms with van der Waals surface area (Å²) in [4.78, 5) is 0. The third-order valence-corrected chi connectivity index (χ3v) is 0.